The topological polar surface area (TPSA) is 47.3 Å². The highest BCUT2D eigenvalue weighted by Gasteiger charge is 2.08. The molecule has 0 bridgehead atoms. The van der Waals surface area contributed by atoms with E-state index in [1.165, 1.54) is 19.2 Å². The summed E-state index contributed by atoms with van der Waals surface area (Å²) in [4.78, 5) is 0. The predicted octanol–water partition coefficient (Wildman–Crippen LogP) is 3.47. The van der Waals surface area contributed by atoms with Gasteiger partial charge in [0.2, 0.25) is 0 Å². The van der Waals surface area contributed by atoms with Gasteiger partial charge in [0.25, 0.3) is 0 Å². The molecule has 2 aromatic carbocycles. The molecule has 0 heterocycles. The van der Waals surface area contributed by atoms with E-state index in [2.05, 4.69) is 5.32 Å². The number of ether oxygens (including phenoxy) is 1. The fourth-order valence-electron chi connectivity index (χ4n) is 1.76. The van der Waals surface area contributed by atoms with Crippen LogP contribution in [-0.2, 0) is 0 Å². The van der Waals surface area contributed by atoms with Gasteiger partial charge < -0.3 is 15.8 Å². The minimum absolute atomic E-state index is 0.338. The summed E-state index contributed by atoms with van der Waals surface area (Å²) in [5, 5.41) is 3.17. The average molecular weight is 246 g/mol. The number of nitrogens with two attached hydrogens (primary N) is 1. The molecular formula is C14H15FN2O. The van der Waals surface area contributed by atoms with Gasteiger partial charge in [0.1, 0.15) is 11.6 Å². The summed E-state index contributed by atoms with van der Waals surface area (Å²) >= 11 is 0. The molecule has 0 aliphatic rings. The van der Waals surface area contributed by atoms with Gasteiger partial charge in [-0.05, 0) is 30.7 Å². The summed E-state index contributed by atoms with van der Waals surface area (Å²) in [6, 6.07) is 9.98. The maximum absolute atomic E-state index is 13.1. The quantitative estimate of drug-likeness (QED) is 0.815. The lowest BCUT2D eigenvalue weighted by Gasteiger charge is -2.14. The Bertz CT molecular complexity index is 549. The minimum Gasteiger partial charge on any atom is -0.494 e. The normalized spacial score (nSPS) is 10.2. The number of methoxy groups -OCH3 is 1. The van der Waals surface area contributed by atoms with Gasteiger partial charge in [0.15, 0.2) is 0 Å². The van der Waals surface area contributed by atoms with E-state index in [0.29, 0.717) is 17.1 Å². The van der Waals surface area contributed by atoms with Gasteiger partial charge in [-0.3, -0.25) is 0 Å². The number of rotatable bonds is 3. The first-order chi connectivity index (χ1) is 8.61. The van der Waals surface area contributed by atoms with Crippen molar-refractivity contribution in [3.05, 3.63) is 47.8 Å². The summed E-state index contributed by atoms with van der Waals surface area (Å²) in [7, 11) is 1.50. The van der Waals surface area contributed by atoms with Crippen molar-refractivity contribution in [2.45, 2.75) is 6.92 Å². The number of nitrogen functional groups attached to an aromatic ring is 1. The molecule has 2 rings (SSSR count). The van der Waals surface area contributed by atoms with E-state index in [4.69, 9.17) is 10.5 Å². The van der Waals surface area contributed by atoms with Gasteiger partial charge in [-0.2, -0.15) is 0 Å². The molecular weight excluding hydrogens is 231 g/mol. The molecule has 94 valence electrons. The van der Waals surface area contributed by atoms with Crippen molar-refractivity contribution in [1.82, 2.24) is 0 Å². The molecule has 3 nitrogen and oxygen atoms in total. The van der Waals surface area contributed by atoms with Gasteiger partial charge >= 0.3 is 0 Å². The number of benzene rings is 2. The Balaban J connectivity index is 2.40. The van der Waals surface area contributed by atoms with E-state index < -0.39 is 0 Å². The molecule has 0 saturated heterocycles. The Morgan fingerprint density at radius 2 is 2.00 bits per heavy atom. The van der Waals surface area contributed by atoms with Crippen LogP contribution in [0.2, 0.25) is 0 Å². The van der Waals surface area contributed by atoms with Gasteiger partial charge in [-0.1, -0.05) is 12.1 Å². The van der Waals surface area contributed by atoms with Crippen LogP contribution in [0.3, 0.4) is 0 Å². The summed E-state index contributed by atoms with van der Waals surface area (Å²) in [5.74, 6) is 0.104. The third kappa shape index (κ3) is 2.37. The Labute approximate surface area is 105 Å². The van der Waals surface area contributed by atoms with Crippen molar-refractivity contribution in [2.24, 2.45) is 0 Å². The van der Waals surface area contributed by atoms with Crippen LogP contribution in [0, 0.1) is 12.7 Å². The second-order valence-corrected chi connectivity index (χ2v) is 4.01. The zero-order valence-corrected chi connectivity index (χ0v) is 10.3. The molecule has 0 aromatic heterocycles. The average Bonchev–Trinajstić information content (AvgIpc) is 2.35. The standard InChI is InChI=1S/C14H15FN2O/c1-9-4-3-5-11(16)14(9)17-12-7-6-10(15)8-13(12)18-2/h3-8,17H,16H2,1-2H3. The lowest BCUT2D eigenvalue weighted by Crippen LogP contribution is -2.00. The van der Waals surface area contributed by atoms with Crippen molar-refractivity contribution in [3.63, 3.8) is 0 Å². The molecule has 0 aliphatic carbocycles. The second kappa shape index (κ2) is 4.96. The van der Waals surface area contributed by atoms with Gasteiger partial charge in [-0.25, -0.2) is 4.39 Å². The van der Waals surface area contributed by atoms with E-state index >= 15 is 0 Å². The monoisotopic (exact) mass is 246 g/mol. The van der Waals surface area contributed by atoms with Crippen molar-refractivity contribution in [1.29, 1.82) is 0 Å². The van der Waals surface area contributed by atoms with E-state index in [0.717, 1.165) is 11.3 Å². The van der Waals surface area contributed by atoms with Gasteiger partial charge in [0, 0.05) is 6.07 Å². The van der Waals surface area contributed by atoms with Gasteiger partial charge in [-0.15, -0.1) is 0 Å². The molecule has 0 saturated carbocycles. The van der Waals surface area contributed by atoms with Crippen molar-refractivity contribution < 1.29 is 9.13 Å². The molecule has 0 amide bonds. The first-order valence-corrected chi connectivity index (χ1v) is 5.57. The van der Waals surface area contributed by atoms with E-state index in [1.54, 1.807) is 6.07 Å². The third-order valence-electron chi connectivity index (χ3n) is 2.73. The Morgan fingerprint density at radius 1 is 1.22 bits per heavy atom. The van der Waals surface area contributed by atoms with Crippen molar-refractivity contribution >= 4 is 17.1 Å². The maximum atomic E-state index is 13.1. The number of aryl methyl sites for hydroxylation is 1. The maximum Gasteiger partial charge on any atom is 0.145 e. The molecule has 18 heavy (non-hydrogen) atoms. The Hall–Kier alpha value is -2.23. The van der Waals surface area contributed by atoms with Crippen LogP contribution in [-0.4, -0.2) is 7.11 Å². The number of nitrogens with one attached hydrogen (secondary N) is 1. The number of anilines is 3. The molecule has 0 atom stereocenters. The molecule has 0 radical (unpaired) electrons. The molecule has 4 heteroatoms. The zero-order valence-electron chi connectivity index (χ0n) is 10.3. The van der Waals surface area contributed by atoms with Crippen LogP contribution in [0.15, 0.2) is 36.4 Å². The van der Waals surface area contributed by atoms with Crippen LogP contribution >= 0.6 is 0 Å². The second-order valence-electron chi connectivity index (χ2n) is 4.01. The molecule has 0 aliphatic heterocycles. The highest BCUT2D eigenvalue weighted by molar-refractivity contribution is 5.77. The van der Waals surface area contributed by atoms with Crippen LogP contribution < -0.4 is 15.8 Å². The lowest BCUT2D eigenvalue weighted by molar-refractivity contribution is 0.413. The molecule has 2 aromatic rings. The van der Waals surface area contributed by atoms with Crippen molar-refractivity contribution in [3.8, 4) is 5.75 Å². The van der Waals surface area contributed by atoms with E-state index in [9.17, 15) is 4.39 Å². The van der Waals surface area contributed by atoms with E-state index in [1.807, 2.05) is 25.1 Å². The highest BCUT2D eigenvalue weighted by Crippen LogP contribution is 2.32. The summed E-state index contributed by atoms with van der Waals surface area (Å²) in [6.07, 6.45) is 0. The number of hydrogen-bond donors (Lipinski definition) is 2. The lowest BCUT2D eigenvalue weighted by atomic mass is 10.1. The minimum atomic E-state index is -0.338. The predicted molar refractivity (Wildman–Crippen MR) is 71.8 cm³/mol. The zero-order chi connectivity index (χ0) is 13.1. The fourth-order valence-corrected chi connectivity index (χ4v) is 1.76. The first-order valence-electron chi connectivity index (χ1n) is 5.57. The van der Waals surface area contributed by atoms with Crippen LogP contribution in [0.5, 0.6) is 5.75 Å². The van der Waals surface area contributed by atoms with E-state index in [-0.39, 0.29) is 5.82 Å². The number of hydrogen-bond acceptors (Lipinski definition) is 3. The smallest absolute Gasteiger partial charge is 0.145 e. The number of halogens is 1. The number of para-hydroxylation sites is 1. The highest BCUT2D eigenvalue weighted by atomic mass is 19.1. The summed E-state index contributed by atoms with van der Waals surface area (Å²) < 4.78 is 18.2. The molecule has 0 unspecified atom stereocenters. The summed E-state index contributed by atoms with van der Waals surface area (Å²) in [5.41, 5.74) is 9.06. The molecule has 3 N–H and O–H groups in total. The molecule has 0 fully saturated rings. The first kappa shape index (κ1) is 12.2. The van der Waals surface area contributed by atoms with Crippen LogP contribution in [0.25, 0.3) is 0 Å². The largest absolute Gasteiger partial charge is 0.494 e. The fraction of sp³-hybridized carbons (Fsp3) is 0.143. The Morgan fingerprint density at radius 3 is 2.67 bits per heavy atom. The SMILES string of the molecule is COc1cc(F)ccc1Nc1c(C)cccc1N. The van der Waals surface area contributed by atoms with Crippen LogP contribution in [0.1, 0.15) is 5.56 Å². The molecule has 0 spiro atoms. The van der Waals surface area contributed by atoms with Gasteiger partial charge in [0.05, 0.1) is 24.2 Å². The Kier molecular flexibility index (Phi) is 3.37. The van der Waals surface area contributed by atoms with Crippen molar-refractivity contribution in [2.75, 3.05) is 18.2 Å². The summed E-state index contributed by atoms with van der Waals surface area (Å²) in [6.45, 7) is 1.95. The third-order valence-corrected chi connectivity index (χ3v) is 2.73. The van der Waals surface area contributed by atoms with Crippen LogP contribution in [0.4, 0.5) is 21.5 Å².